The van der Waals surface area contributed by atoms with Gasteiger partial charge in [-0.2, -0.15) is 0 Å². The fourth-order valence-corrected chi connectivity index (χ4v) is 3.54. The SMILES string of the molecule is Cc1cccc(NC(=O)CN(C)C(=O)c2[nH]c3c(c2C)C(=O)CCC3)c1C. The molecule has 1 heterocycles. The number of nitrogens with zero attached hydrogens (tertiary/aromatic N) is 1. The van der Waals surface area contributed by atoms with Gasteiger partial charge in [0, 0.05) is 30.4 Å². The summed E-state index contributed by atoms with van der Waals surface area (Å²) in [5.74, 6) is -0.463. The van der Waals surface area contributed by atoms with Crippen molar-refractivity contribution < 1.29 is 14.4 Å². The van der Waals surface area contributed by atoms with Crippen molar-refractivity contribution in [2.75, 3.05) is 18.9 Å². The number of aromatic nitrogens is 1. The van der Waals surface area contributed by atoms with Crippen LogP contribution >= 0.6 is 0 Å². The number of rotatable bonds is 4. The highest BCUT2D eigenvalue weighted by Gasteiger charge is 2.28. The first-order valence-corrected chi connectivity index (χ1v) is 9.15. The third-order valence-electron chi connectivity index (χ3n) is 5.26. The van der Waals surface area contributed by atoms with Gasteiger partial charge in [-0.3, -0.25) is 14.4 Å². The van der Waals surface area contributed by atoms with Crippen molar-refractivity contribution in [2.45, 2.75) is 40.0 Å². The van der Waals surface area contributed by atoms with Crippen molar-refractivity contribution in [3.8, 4) is 0 Å². The molecule has 0 spiro atoms. The van der Waals surface area contributed by atoms with E-state index in [1.54, 1.807) is 14.0 Å². The quantitative estimate of drug-likeness (QED) is 0.871. The minimum absolute atomic E-state index is 0.0662. The Morgan fingerprint density at radius 1 is 1.15 bits per heavy atom. The third-order valence-corrected chi connectivity index (χ3v) is 5.26. The Labute approximate surface area is 159 Å². The lowest BCUT2D eigenvalue weighted by molar-refractivity contribution is -0.116. The highest BCUT2D eigenvalue weighted by atomic mass is 16.2. The van der Waals surface area contributed by atoms with E-state index in [4.69, 9.17) is 0 Å². The lowest BCUT2D eigenvalue weighted by Gasteiger charge is -2.17. The predicted octanol–water partition coefficient (Wildman–Crippen LogP) is 3.17. The molecule has 1 aliphatic carbocycles. The number of hydrogen-bond acceptors (Lipinski definition) is 3. The highest BCUT2D eigenvalue weighted by Crippen LogP contribution is 2.27. The number of aromatic amines is 1. The van der Waals surface area contributed by atoms with Gasteiger partial charge < -0.3 is 15.2 Å². The van der Waals surface area contributed by atoms with Crippen LogP contribution in [-0.4, -0.2) is 41.1 Å². The Kier molecular flexibility index (Phi) is 5.17. The normalized spacial score (nSPS) is 13.3. The molecule has 6 nitrogen and oxygen atoms in total. The van der Waals surface area contributed by atoms with E-state index in [-0.39, 0.29) is 24.1 Å². The second-order valence-electron chi connectivity index (χ2n) is 7.21. The molecule has 2 amide bonds. The van der Waals surface area contributed by atoms with E-state index >= 15 is 0 Å². The Hall–Kier alpha value is -2.89. The Morgan fingerprint density at radius 3 is 2.59 bits per heavy atom. The summed E-state index contributed by atoms with van der Waals surface area (Å²) in [6, 6.07) is 5.71. The van der Waals surface area contributed by atoms with Crippen LogP contribution in [0.2, 0.25) is 0 Å². The fourth-order valence-electron chi connectivity index (χ4n) is 3.54. The maximum Gasteiger partial charge on any atom is 0.270 e. The largest absolute Gasteiger partial charge is 0.354 e. The molecule has 0 saturated heterocycles. The molecule has 0 unspecified atom stereocenters. The molecule has 142 valence electrons. The molecule has 3 rings (SSSR count). The number of amides is 2. The molecule has 0 atom stereocenters. The summed E-state index contributed by atoms with van der Waals surface area (Å²) in [4.78, 5) is 41.8. The molecular weight excluding hydrogens is 342 g/mol. The number of benzene rings is 1. The first-order chi connectivity index (χ1) is 12.8. The number of likely N-dealkylation sites (N-methyl/N-ethyl adjacent to an activating group) is 1. The standard InChI is InChI=1S/C21H25N3O3/c1-12-7-5-8-15(13(12)2)22-18(26)11-24(4)21(27)20-14(3)19-16(23-20)9-6-10-17(19)25/h5,7-8,23H,6,9-11H2,1-4H3,(H,22,26). The van der Waals surface area contributed by atoms with Crippen molar-refractivity contribution in [1.29, 1.82) is 0 Å². The molecule has 27 heavy (non-hydrogen) atoms. The van der Waals surface area contributed by atoms with Crippen LogP contribution in [0, 0.1) is 20.8 Å². The van der Waals surface area contributed by atoms with Crippen molar-refractivity contribution in [3.05, 3.63) is 51.8 Å². The monoisotopic (exact) mass is 367 g/mol. The van der Waals surface area contributed by atoms with Crippen LogP contribution < -0.4 is 5.32 Å². The zero-order valence-electron chi connectivity index (χ0n) is 16.2. The van der Waals surface area contributed by atoms with Crippen LogP contribution in [0.1, 0.15) is 56.1 Å². The number of ketones is 1. The average molecular weight is 367 g/mol. The summed E-state index contributed by atoms with van der Waals surface area (Å²) in [7, 11) is 1.59. The van der Waals surface area contributed by atoms with Crippen LogP contribution in [0.5, 0.6) is 0 Å². The Morgan fingerprint density at radius 2 is 1.89 bits per heavy atom. The molecule has 0 radical (unpaired) electrons. The lowest BCUT2D eigenvalue weighted by atomic mass is 9.94. The zero-order valence-corrected chi connectivity index (χ0v) is 16.2. The van der Waals surface area contributed by atoms with Crippen LogP contribution in [0.3, 0.4) is 0 Å². The van der Waals surface area contributed by atoms with Gasteiger partial charge >= 0.3 is 0 Å². The number of Topliss-reactive ketones (excluding diaryl/α,β-unsaturated/α-hetero) is 1. The summed E-state index contributed by atoms with van der Waals surface area (Å²) >= 11 is 0. The number of nitrogens with one attached hydrogen (secondary N) is 2. The van der Waals surface area contributed by atoms with E-state index in [2.05, 4.69) is 10.3 Å². The summed E-state index contributed by atoms with van der Waals surface area (Å²) in [6.07, 6.45) is 2.09. The minimum atomic E-state index is -0.286. The van der Waals surface area contributed by atoms with E-state index < -0.39 is 0 Å². The predicted molar refractivity (Wildman–Crippen MR) is 104 cm³/mol. The van der Waals surface area contributed by atoms with Gasteiger partial charge in [-0.1, -0.05) is 12.1 Å². The molecule has 1 aromatic carbocycles. The van der Waals surface area contributed by atoms with Gasteiger partial charge in [0.15, 0.2) is 5.78 Å². The molecule has 6 heteroatoms. The number of hydrogen-bond donors (Lipinski definition) is 2. The topological polar surface area (TPSA) is 82.3 Å². The van der Waals surface area contributed by atoms with Gasteiger partial charge in [0.1, 0.15) is 5.69 Å². The smallest absolute Gasteiger partial charge is 0.270 e. The minimum Gasteiger partial charge on any atom is -0.354 e. The van der Waals surface area contributed by atoms with Crippen molar-refractivity contribution >= 4 is 23.3 Å². The summed E-state index contributed by atoms with van der Waals surface area (Å²) < 4.78 is 0. The number of aryl methyl sites for hydroxylation is 2. The molecule has 2 aromatic rings. The number of anilines is 1. The lowest BCUT2D eigenvalue weighted by Crippen LogP contribution is -2.35. The first-order valence-electron chi connectivity index (χ1n) is 9.15. The van der Waals surface area contributed by atoms with Gasteiger partial charge in [0.2, 0.25) is 5.91 Å². The van der Waals surface area contributed by atoms with E-state index in [9.17, 15) is 14.4 Å². The zero-order chi connectivity index (χ0) is 19.7. The van der Waals surface area contributed by atoms with Gasteiger partial charge in [-0.25, -0.2) is 0 Å². The van der Waals surface area contributed by atoms with E-state index in [0.717, 1.165) is 35.3 Å². The summed E-state index contributed by atoms with van der Waals surface area (Å²) in [6.45, 7) is 5.65. The van der Waals surface area contributed by atoms with Gasteiger partial charge in [0.25, 0.3) is 5.91 Å². The van der Waals surface area contributed by atoms with Crippen molar-refractivity contribution in [1.82, 2.24) is 9.88 Å². The van der Waals surface area contributed by atoms with Crippen molar-refractivity contribution in [2.24, 2.45) is 0 Å². The molecule has 0 aliphatic heterocycles. The highest BCUT2D eigenvalue weighted by molar-refractivity contribution is 6.05. The second-order valence-corrected chi connectivity index (χ2v) is 7.21. The Bertz CT molecular complexity index is 927. The van der Waals surface area contributed by atoms with E-state index in [1.807, 2.05) is 32.0 Å². The molecule has 0 bridgehead atoms. The number of H-pyrrole nitrogens is 1. The summed E-state index contributed by atoms with van der Waals surface area (Å²) in [5, 5.41) is 2.86. The van der Waals surface area contributed by atoms with Gasteiger partial charge in [-0.15, -0.1) is 0 Å². The number of fused-ring (bicyclic) bond motifs is 1. The fraction of sp³-hybridized carbons (Fsp3) is 0.381. The van der Waals surface area contributed by atoms with Crippen molar-refractivity contribution in [3.63, 3.8) is 0 Å². The van der Waals surface area contributed by atoms with Crippen LogP contribution in [0.15, 0.2) is 18.2 Å². The number of carbonyl (C=O) groups excluding carboxylic acids is 3. The Balaban J connectivity index is 1.72. The summed E-state index contributed by atoms with van der Waals surface area (Å²) in [5.41, 5.74) is 5.41. The average Bonchev–Trinajstić information content (AvgIpc) is 2.96. The molecule has 0 saturated carbocycles. The number of carbonyl (C=O) groups is 3. The molecular formula is C21H25N3O3. The van der Waals surface area contributed by atoms with Gasteiger partial charge in [-0.05, 0) is 56.4 Å². The maximum atomic E-state index is 12.8. The molecule has 2 N–H and O–H groups in total. The van der Waals surface area contributed by atoms with Gasteiger partial charge in [0.05, 0.1) is 6.54 Å². The van der Waals surface area contributed by atoms with Crippen LogP contribution in [-0.2, 0) is 11.2 Å². The second kappa shape index (κ2) is 7.39. The van der Waals surface area contributed by atoms with E-state index in [0.29, 0.717) is 23.2 Å². The molecule has 1 aromatic heterocycles. The van der Waals surface area contributed by atoms with E-state index in [1.165, 1.54) is 4.90 Å². The first kappa shape index (κ1) is 18.9. The third kappa shape index (κ3) is 3.65. The van der Waals surface area contributed by atoms with Crippen LogP contribution in [0.4, 0.5) is 5.69 Å². The molecule has 0 fully saturated rings. The van der Waals surface area contributed by atoms with Crippen LogP contribution in [0.25, 0.3) is 0 Å². The maximum absolute atomic E-state index is 12.8. The molecule has 1 aliphatic rings.